The van der Waals surface area contributed by atoms with Crippen LogP contribution in [0.3, 0.4) is 0 Å². The van der Waals surface area contributed by atoms with Gasteiger partial charge in [0.15, 0.2) is 11.6 Å². The van der Waals surface area contributed by atoms with Gasteiger partial charge in [-0.2, -0.15) is 0 Å². The van der Waals surface area contributed by atoms with E-state index >= 15 is 0 Å². The summed E-state index contributed by atoms with van der Waals surface area (Å²) in [5.74, 6) is 0.616. The van der Waals surface area contributed by atoms with E-state index in [1.54, 1.807) is 53.6 Å². The van der Waals surface area contributed by atoms with Crippen molar-refractivity contribution in [3.05, 3.63) is 90.7 Å². The predicted molar refractivity (Wildman–Crippen MR) is 124 cm³/mol. The zero-order chi connectivity index (χ0) is 23.2. The SMILES string of the molecule is C=CC(=O)N1CCCC(Nc2ncncc2C(=N)c2ccc(Oc3ccccc3F)cc2)C1. The van der Waals surface area contributed by atoms with E-state index < -0.39 is 5.82 Å². The maximum atomic E-state index is 13.8. The van der Waals surface area contributed by atoms with Gasteiger partial charge in [0.2, 0.25) is 5.91 Å². The zero-order valence-electron chi connectivity index (χ0n) is 18.0. The molecule has 168 valence electrons. The Labute approximate surface area is 191 Å². The molecule has 1 aliphatic heterocycles. The van der Waals surface area contributed by atoms with Gasteiger partial charge in [0.25, 0.3) is 0 Å². The van der Waals surface area contributed by atoms with Crippen molar-refractivity contribution in [1.82, 2.24) is 14.9 Å². The van der Waals surface area contributed by atoms with Crippen LogP contribution in [0.5, 0.6) is 11.5 Å². The van der Waals surface area contributed by atoms with Crippen LogP contribution in [0.25, 0.3) is 0 Å². The Kier molecular flexibility index (Phi) is 6.73. The molecule has 0 spiro atoms. The molecule has 1 amide bonds. The lowest BCUT2D eigenvalue weighted by atomic mass is 10.0. The highest BCUT2D eigenvalue weighted by molar-refractivity contribution is 6.13. The third-order valence-electron chi connectivity index (χ3n) is 5.44. The quantitative estimate of drug-likeness (QED) is 0.415. The second-order valence-electron chi connectivity index (χ2n) is 7.69. The lowest BCUT2D eigenvalue weighted by Gasteiger charge is -2.33. The minimum Gasteiger partial charge on any atom is -0.454 e. The summed E-state index contributed by atoms with van der Waals surface area (Å²) in [5, 5.41) is 12.1. The Balaban J connectivity index is 1.48. The molecular formula is C25H24FN5O2. The largest absolute Gasteiger partial charge is 0.454 e. The van der Waals surface area contributed by atoms with Crippen LogP contribution in [0.15, 0.2) is 73.7 Å². The van der Waals surface area contributed by atoms with Gasteiger partial charge in [-0.05, 0) is 55.3 Å². The predicted octanol–water partition coefficient (Wildman–Crippen LogP) is 4.41. The summed E-state index contributed by atoms with van der Waals surface area (Å²) in [5.41, 5.74) is 1.43. The highest BCUT2D eigenvalue weighted by Gasteiger charge is 2.24. The number of piperidine rings is 1. The number of likely N-dealkylation sites (tertiary alicyclic amines) is 1. The Morgan fingerprint density at radius 2 is 2.03 bits per heavy atom. The van der Waals surface area contributed by atoms with Crippen LogP contribution in [0.2, 0.25) is 0 Å². The number of ether oxygens (including phenoxy) is 1. The van der Waals surface area contributed by atoms with Crippen molar-refractivity contribution >= 4 is 17.4 Å². The summed E-state index contributed by atoms with van der Waals surface area (Å²) in [4.78, 5) is 22.2. The number of carbonyl (C=O) groups is 1. The van der Waals surface area contributed by atoms with Crippen LogP contribution in [0, 0.1) is 11.2 Å². The van der Waals surface area contributed by atoms with E-state index in [2.05, 4.69) is 21.9 Å². The number of aromatic nitrogens is 2. The van der Waals surface area contributed by atoms with Gasteiger partial charge < -0.3 is 15.0 Å². The molecule has 1 aliphatic rings. The summed E-state index contributed by atoms with van der Waals surface area (Å²) in [6.45, 7) is 4.81. The van der Waals surface area contributed by atoms with E-state index in [1.807, 2.05) is 0 Å². The monoisotopic (exact) mass is 445 g/mol. The molecule has 2 aromatic carbocycles. The van der Waals surface area contributed by atoms with Crippen molar-refractivity contribution in [3.8, 4) is 11.5 Å². The summed E-state index contributed by atoms with van der Waals surface area (Å²) in [6.07, 6.45) is 6.11. The fourth-order valence-corrected chi connectivity index (χ4v) is 3.74. The molecule has 2 heterocycles. The van der Waals surface area contributed by atoms with E-state index in [0.717, 1.165) is 12.8 Å². The number of hydrogen-bond acceptors (Lipinski definition) is 6. The highest BCUT2D eigenvalue weighted by Crippen LogP contribution is 2.26. The smallest absolute Gasteiger partial charge is 0.246 e. The van der Waals surface area contributed by atoms with Gasteiger partial charge in [-0.3, -0.25) is 10.2 Å². The maximum Gasteiger partial charge on any atom is 0.246 e. The topological polar surface area (TPSA) is 91.2 Å². The number of amides is 1. The molecule has 1 atom stereocenters. The lowest BCUT2D eigenvalue weighted by molar-refractivity contribution is -0.127. The second-order valence-corrected chi connectivity index (χ2v) is 7.69. The number of para-hydroxylation sites is 1. The van der Waals surface area contributed by atoms with Gasteiger partial charge in [-0.25, -0.2) is 14.4 Å². The molecule has 1 fully saturated rings. The Morgan fingerprint density at radius 1 is 1.24 bits per heavy atom. The minimum absolute atomic E-state index is 0.0145. The van der Waals surface area contributed by atoms with Crippen molar-refractivity contribution in [2.24, 2.45) is 0 Å². The minimum atomic E-state index is -0.442. The molecule has 0 saturated carbocycles. The summed E-state index contributed by atoms with van der Waals surface area (Å²) in [7, 11) is 0. The molecule has 0 radical (unpaired) electrons. The normalized spacial score (nSPS) is 15.5. The Bertz CT molecular complexity index is 1170. The number of halogens is 1. The molecular weight excluding hydrogens is 421 g/mol. The number of hydrogen-bond donors (Lipinski definition) is 2. The number of nitrogens with zero attached hydrogens (tertiary/aromatic N) is 3. The van der Waals surface area contributed by atoms with Gasteiger partial charge in [-0.15, -0.1) is 0 Å². The fraction of sp³-hybridized carbons (Fsp3) is 0.200. The zero-order valence-corrected chi connectivity index (χ0v) is 18.0. The molecule has 7 nitrogen and oxygen atoms in total. The summed E-state index contributed by atoms with van der Waals surface area (Å²) < 4.78 is 19.4. The van der Waals surface area contributed by atoms with Crippen LogP contribution < -0.4 is 10.1 Å². The van der Waals surface area contributed by atoms with E-state index in [0.29, 0.717) is 35.8 Å². The third-order valence-corrected chi connectivity index (χ3v) is 5.44. The molecule has 1 unspecified atom stereocenters. The fourth-order valence-electron chi connectivity index (χ4n) is 3.74. The van der Waals surface area contributed by atoms with Crippen molar-refractivity contribution in [2.75, 3.05) is 18.4 Å². The van der Waals surface area contributed by atoms with Crippen LogP contribution >= 0.6 is 0 Å². The van der Waals surface area contributed by atoms with E-state index in [-0.39, 0.29) is 23.4 Å². The van der Waals surface area contributed by atoms with Crippen LogP contribution in [0.4, 0.5) is 10.2 Å². The van der Waals surface area contributed by atoms with Crippen molar-refractivity contribution in [3.63, 3.8) is 0 Å². The first-order valence-electron chi connectivity index (χ1n) is 10.6. The molecule has 0 aliphatic carbocycles. The number of carbonyl (C=O) groups excluding carboxylic acids is 1. The molecule has 8 heteroatoms. The Morgan fingerprint density at radius 3 is 2.79 bits per heavy atom. The number of nitrogens with one attached hydrogen (secondary N) is 2. The first kappa shape index (κ1) is 22.1. The van der Waals surface area contributed by atoms with Gasteiger partial charge in [0, 0.05) is 30.9 Å². The van der Waals surface area contributed by atoms with Crippen LogP contribution in [-0.4, -0.2) is 45.6 Å². The van der Waals surface area contributed by atoms with E-state index in [4.69, 9.17) is 10.1 Å². The van der Waals surface area contributed by atoms with Crippen molar-refractivity contribution in [2.45, 2.75) is 18.9 Å². The molecule has 0 bridgehead atoms. The van der Waals surface area contributed by atoms with Gasteiger partial charge in [0.05, 0.1) is 11.3 Å². The maximum absolute atomic E-state index is 13.8. The third kappa shape index (κ3) is 5.23. The molecule has 2 N–H and O–H groups in total. The number of rotatable bonds is 7. The average Bonchev–Trinajstić information content (AvgIpc) is 2.85. The van der Waals surface area contributed by atoms with Gasteiger partial charge in [0.1, 0.15) is 17.9 Å². The first-order chi connectivity index (χ1) is 16.0. The standard InChI is InChI=1S/C25H24FN5O2/c1-2-23(32)31-13-5-6-18(15-31)30-25-20(14-28-16-29-25)24(27)17-9-11-19(12-10-17)33-22-8-4-3-7-21(22)26/h2-4,7-12,14,16,18,27H,1,5-6,13,15H2,(H,28,29,30). The molecule has 1 aromatic heterocycles. The lowest BCUT2D eigenvalue weighted by Crippen LogP contribution is -2.44. The van der Waals surface area contributed by atoms with Crippen LogP contribution in [-0.2, 0) is 4.79 Å². The second kappa shape index (κ2) is 10.0. The van der Waals surface area contributed by atoms with Crippen molar-refractivity contribution in [1.29, 1.82) is 5.41 Å². The van der Waals surface area contributed by atoms with Gasteiger partial charge >= 0.3 is 0 Å². The van der Waals surface area contributed by atoms with Crippen LogP contribution in [0.1, 0.15) is 24.0 Å². The molecule has 1 saturated heterocycles. The molecule has 4 rings (SSSR count). The average molecular weight is 445 g/mol. The van der Waals surface area contributed by atoms with Crippen molar-refractivity contribution < 1.29 is 13.9 Å². The van der Waals surface area contributed by atoms with E-state index in [1.165, 1.54) is 18.5 Å². The Hall–Kier alpha value is -4.07. The summed E-state index contributed by atoms with van der Waals surface area (Å²) in [6, 6.07) is 13.1. The molecule has 3 aromatic rings. The number of anilines is 1. The highest BCUT2D eigenvalue weighted by atomic mass is 19.1. The first-order valence-corrected chi connectivity index (χ1v) is 10.6. The number of benzene rings is 2. The van der Waals surface area contributed by atoms with E-state index in [9.17, 15) is 9.18 Å². The summed E-state index contributed by atoms with van der Waals surface area (Å²) >= 11 is 0. The van der Waals surface area contributed by atoms with Gasteiger partial charge in [-0.1, -0.05) is 18.7 Å². The molecule has 33 heavy (non-hydrogen) atoms.